The van der Waals surface area contributed by atoms with E-state index >= 15 is 0 Å². The standard InChI is InChI=1S/C16H21BrN2O2/c1-5-19-14(15(17)11(2)18-19)10-16(3,20)12-6-8-13(21-4)9-7-12/h6-9,20H,5,10H2,1-4H3. The number of benzene rings is 1. The summed E-state index contributed by atoms with van der Waals surface area (Å²) in [4.78, 5) is 0. The minimum absolute atomic E-state index is 0.495. The van der Waals surface area contributed by atoms with Crippen molar-refractivity contribution in [2.45, 2.75) is 39.3 Å². The van der Waals surface area contributed by atoms with Gasteiger partial charge in [-0.15, -0.1) is 0 Å². The van der Waals surface area contributed by atoms with Crippen LogP contribution in [0.5, 0.6) is 5.75 Å². The molecule has 1 atom stereocenters. The van der Waals surface area contributed by atoms with Gasteiger partial charge in [0.25, 0.3) is 0 Å². The van der Waals surface area contributed by atoms with Crippen LogP contribution in [0.2, 0.25) is 0 Å². The number of aromatic nitrogens is 2. The van der Waals surface area contributed by atoms with Gasteiger partial charge in [0, 0.05) is 13.0 Å². The van der Waals surface area contributed by atoms with Gasteiger partial charge in [0.2, 0.25) is 0 Å². The molecule has 0 saturated carbocycles. The Kier molecular flexibility index (Phi) is 4.74. The van der Waals surface area contributed by atoms with Gasteiger partial charge in [0.1, 0.15) is 5.75 Å². The first-order valence-electron chi connectivity index (χ1n) is 6.97. The Morgan fingerprint density at radius 2 is 1.95 bits per heavy atom. The number of aryl methyl sites for hydroxylation is 2. The molecule has 0 saturated heterocycles. The smallest absolute Gasteiger partial charge is 0.118 e. The molecule has 2 aromatic rings. The van der Waals surface area contributed by atoms with Crippen LogP contribution >= 0.6 is 15.9 Å². The maximum Gasteiger partial charge on any atom is 0.118 e. The van der Waals surface area contributed by atoms with E-state index < -0.39 is 5.60 Å². The third-order valence-corrected chi connectivity index (χ3v) is 4.71. The number of nitrogens with zero attached hydrogens (tertiary/aromatic N) is 2. The van der Waals surface area contributed by atoms with E-state index in [4.69, 9.17) is 4.74 Å². The zero-order valence-corrected chi connectivity index (χ0v) is 14.4. The first kappa shape index (κ1) is 16.0. The lowest BCUT2D eigenvalue weighted by atomic mass is 9.91. The topological polar surface area (TPSA) is 47.3 Å². The molecule has 0 bridgehead atoms. The second-order valence-electron chi connectivity index (χ2n) is 5.34. The van der Waals surface area contributed by atoms with Crippen LogP contribution < -0.4 is 4.74 Å². The number of rotatable bonds is 5. The lowest BCUT2D eigenvalue weighted by Crippen LogP contribution is -2.26. The average molecular weight is 353 g/mol. The number of halogens is 1. The zero-order valence-electron chi connectivity index (χ0n) is 12.9. The summed E-state index contributed by atoms with van der Waals surface area (Å²) in [5, 5.41) is 15.3. The van der Waals surface area contributed by atoms with Gasteiger partial charge in [-0.1, -0.05) is 12.1 Å². The molecule has 114 valence electrons. The van der Waals surface area contributed by atoms with Gasteiger partial charge in [-0.25, -0.2) is 0 Å². The summed E-state index contributed by atoms with van der Waals surface area (Å²) in [5.41, 5.74) is 1.85. The van der Waals surface area contributed by atoms with Crippen LogP contribution in [0.3, 0.4) is 0 Å². The molecule has 2 rings (SSSR count). The van der Waals surface area contributed by atoms with E-state index in [2.05, 4.69) is 21.0 Å². The molecule has 1 N–H and O–H groups in total. The quantitative estimate of drug-likeness (QED) is 0.896. The van der Waals surface area contributed by atoms with E-state index in [0.717, 1.165) is 33.7 Å². The number of methoxy groups -OCH3 is 1. The van der Waals surface area contributed by atoms with Crippen molar-refractivity contribution < 1.29 is 9.84 Å². The minimum Gasteiger partial charge on any atom is -0.497 e. The summed E-state index contributed by atoms with van der Waals surface area (Å²) < 4.78 is 8.05. The molecule has 0 radical (unpaired) electrons. The Balaban J connectivity index is 2.32. The van der Waals surface area contributed by atoms with Crippen molar-refractivity contribution in [3.05, 3.63) is 45.7 Å². The largest absolute Gasteiger partial charge is 0.497 e. The maximum absolute atomic E-state index is 10.9. The van der Waals surface area contributed by atoms with Crippen LogP contribution in [0.15, 0.2) is 28.7 Å². The Labute approximate surface area is 133 Å². The van der Waals surface area contributed by atoms with Crippen molar-refractivity contribution in [2.24, 2.45) is 0 Å². The Morgan fingerprint density at radius 1 is 1.33 bits per heavy atom. The van der Waals surface area contributed by atoms with E-state index in [9.17, 15) is 5.11 Å². The molecule has 1 heterocycles. The molecule has 0 aliphatic carbocycles. The number of aliphatic hydroxyl groups is 1. The van der Waals surface area contributed by atoms with Crippen LogP contribution in [0.4, 0.5) is 0 Å². The predicted octanol–water partition coefficient (Wildman–Crippen LogP) is 3.43. The maximum atomic E-state index is 10.9. The van der Waals surface area contributed by atoms with Crippen LogP contribution in [0.1, 0.15) is 30.8 Å². The van der Waals surface area contributed by atoms with Crippen molar-refractivity contribution in [2.75, 3.05) is 7.11 Å². The van der Waals surface area contributed by atoms with Crippen molar-refractivity contribution in [1.29, 1.82) is 0 Å². The van der Waals surface area contributed by atoms with Gasteiger partial charge in [-0.2, -0.15) is 5.10 Å². The van der Waals surface area contributed by atoms with Crippen LogP contribution in [0.25, 0.3) is 0 Å². The predicted molar refractivity (Wildman–Crippen MR) is 86.6 cm³/mol. The molecule has 1 unspecified atom stereocenters. The van der Waals surface area contributed by atoms with E-state index in [1.54, 1.807) is 7.11 Å². The van der Waals surface area contributed by atoms with E-state index in [-0.39, 0.29) is 0 Å². The zero-order chi connectivity index (χ0) is 15.6. The summed E-state index contributed by atoms with van der Waals surface area (Å²) >= 11 is 3.58. The molecule has 21 heavy (non-hydrogen) atoms. The average Bonchev–Trinajstić information content (AvgIpc) is 2.74. The number of hydrogen-bond donors (Lipinski definition) is 1. The van der Waals surface area contributed by atoms with E-state index in [0.29, 0.717) is 6.42 Å². The van der Waals surface area contributed by atoms with Gasteiger partial charge in [-0.3, -0.25) is 4.68 Å². The molecule has 5 heteroatoms. The van der Waals surface area contributed by atoms with Crippen LogP contribution in [-0.2, 0) is 18.6 Å². The summed E-state index contributed by atoms with van der Waals surface area (Å²) in [5.74, 6) is 0.783. The fourth-order valence-corrected chi connectivity index (χ4v) is 2.84. The van der Waals surface area contributed by atoms with Crippen molar-refractivity contribution in [1.82, 2.24) is 9.78 Å². The lowest BCUT2D eigenvalue weighted by molar-refractivity contribution is 0.0552. The van der Waals surface area contributed by atoms with Crippen molar-refractivity contribution in [3.63, 3.8) is 0 Å². The number of ether oxygens (including phenoxy) is 1. The first-order chi connectivity index (χ1) is 9.89. The fourth-order valence-electron chi connectivity index (χ4n) is 2.42. The fraction of sp³-hybridized carbons (Fsp3) is 0.438. The van der Waals surface area contributed by atoms with Gasteiger partial charge in [0.05, 0.1) is 28.6 Å². The lowest BCUT2D eigenvalue weighted by Gasteiger charge is -2.24. The molecule has 4 nitrogen and oxygen atoms in total. The SMILES string of the molecule is CCn1nc(C)c(Br)c1CC(C)(O)c1ccc(OC)cc1. The molecule has 0 amide bonds. The third-order valence-electron chi connectivity index (χ3n) is 3.68. The molecule has 0 aliphatic rings. The number of hydrogen-bond acceptors (Lipinski definition) is 3. The second-order valence-corrected chi connectivity index (χ2v) is 6.13. The molecule has 0 spiro atoms. The normalized spacial score (nSPS) is 14.0. The van der Waals surface area contributed by atoms with Gasteiger partial charge in [-0.05, 0) is 54.4 Å². The summed E-state index contributed by atoms with van der Waals surface area (Å²) in [6.07, 6.45) is 0.495. The van der Waals surface area contributed by atoms with Gasteiger partial charge in [0.15, 0.2) is 0 Å². The van der Waals surface area contributed by atoms with Crippen molar-refractivity contribution in [3.8, 4) is 5.75 Å². The highest BCUT2D eigenvalue weighted by molar-refractivity contribution is 9.10. The second kappa shape index (κ2) is 6.20. The molecule has 0 aliphatic heterocycles. The van der Waals surface area contributed by atoms with Gasteiger partial charge < -0.3 is 9.84 Å². The highest BCUT2D eigenvalue weighted by Gasteiger charge is 2.27. The summed E-state index contributed by atoms with van der Waals surface area (Å²) in [6, 6.07) is 7.51. The first-order valence-corrected chi connectivity index (χ1v) is 7.77. The highest BCUT2D eigenvalue weighted by atomic mass is 79.9. The third kappa shape index (κ3) is 3.30. The molecular formula is C16H21BrN2O2. The molecule has 1 aromatic heterocycles. The van der Waals surface area contributed by atoms with Crippen molar-refractivity contribution >= 4 is 15.9 Å². The monoisotopic (exact) mass is 352 g/mol. The minimum atomic E-state index is -0.964. The summed E-state index contributed by atoms with van der Waals surface area (Å²) in [6.45, 7) is 6.61. The summed E-state index contributed by atoms with van der Waals surface area (Å²) in [7, 11) is 1.63. The molecule has 1 aromatic carbocycles. The Hall–Kier alpha value is -1.33. The molecule has 0 fully saturated rings. The van der Waals surface area contributed by atoms with E-state index in [1.807, 2.05) is 49.7 Å². The van der Waals surface area contributed by atoms with Crippen LogP contribution in [-0.4, -0.2) is 22.0 Å². The van der Waals surface area contributed by atoms with Crippen LogP contribution in [0, 0.1) is 6.92 Å². The Morgan fingerprint density at radius 3 is 2.48 bits per heavy atom. The van der Waals surface area contributed by atoms with Gasteiger partial charge >= 0.3 is 0 Å². The molecular weight excluding hydrogens is 332 g/mol. The Bertz CT molecular complexity index is 618. The highest BCUT2D eigenvalue weighted by Crippen LogP contribution is 2.31. The van der Waals surface area contributed by atoms with E-state index in [1.165, 1.54) is 0 Å².